The second kappa shape index (κ2) is 9.16. The summed E-state index contributed by atoms with van der Waals surface area (Å²) < 4.78 is 25.7. The maximum Gasteiger partial charge on any atom is 0.194 e. The first-order valence-corrected chi connectivity index (χ1v) is 10.3. The van der Waals surface area contributed by atoms with Crippen LogP contribution in [-0.4, -0.2) is 36.7 Å². The molecule has 0 radical (unpaired) electrons. The van der Waals surface area contributed by atoms with Gasteiger partial charge in [0, 0.05) is 6.54 Å². The molecular weight excluding hydrogens is 350 g/mol. The predicted octanol–water partition coefficient (Wildman–Crippen LogP) is 2.73. The lowest BCUT2D eigenvalue weighted by atomic mass is 10.1. The zero-order valence-electron chi connectivity index (χ0n) is 15.2. The molecule has 0 aliphatic rings. The van der Waals surface area contributed by atoms with Gasteiger partial charge in [0.1, 0.15) is 11.1 Å². The summed E-state index contributed by atoms with van der Waals surface area (Å²) in [7, 11) is -3.61. The van der Waals surface area contributed by atoms with Gasteiger partial charge in [-0.15, -0.1) is 0 Å². The summed E-state index contributed by atoms with van der Waals surface area (Å²) in [5.41, 5.74) is 1.14. The number of hydrogen-bond donors (Lipinski definition) is 3. The largest absolute Gasteiger partial charge is 0.508 e. The minimum atomic E-state index is -3.61. The number of aliphatic hydroxyl groups is 1. The molecule has 0 bridgehead atoms. The van der Waals surface area contributed by atoms with E-state index in [2.05, 4.69) is 5.32 Å². The Labute approximate surface area is 155 Å². The first-order chi connectivity index (χ1) is 12.3. The molecule has 0 fully saturated rings. The molecule has 2 rings (SSSR count). The highest BCUT2D eigenvalue weighted by Gasteiger charge is 2.30. The Hall–Kier alpha value is -1.89. The summed E-state index contributed by atoms with van der Waals surface area (Å²) in [6.45, 7) is 3.85. The zero-order chi connectivity index (χ0) is 19.2. The van der Waals surface area contributed by atoms with E-state index in [9.17, 15) is 18.6 Å². The van der Waals surface area contributed by atoms with Gasteiger partial charge in [-0.05, 0) is 48.6 Å². The molecule has 0 unspecified atom stereocenters. The van der Waals surface area contributed by atoms with Gasteiger partial charge < -0.3 is 10.2 Å². The van der Waals surface area contributed by atoms with E-state index in [1.54, 1.807) is 0 Å². The molecule has 26 heavy (non-hydrogen) atoms. The average Bonchev–Trinajstić information content (AvgIpc) is 2.61. The van der Waals surface area contributed by atoms with Gasteiger partial charge in [0.25, 0.3) is 0 Å². The zero-order valence-corrected chi connectivity index (χ0v) is 16.0. The molecule has 2 aromatic carbocycles. The van der Waals surface area contributed by atoms with Crippen LogP contribution in [0.15, 0.2) is 59.5 Å². The van der Waals surface area contributed by atoms with Crippen LogP contribution in [0.5, 0.6) is 5.75 Å². The van der Waals surface area contributed by atoms with Gasteiger partial charge in [0.05, 0.1) is 11.0 Å². The Morgan fingerprint density at radius 3 is 2.19 bits per heavy atom. The van der Waals surface area contributed by atoms with E-state index < -0.39 is 21.3 Å². The SMILES string of the molecule is CC(C)[C@@H](NC[C@H](O)CCc1ccccc1)S(=O)(=O)c1ccc(O)cc1. The second-order valence-electron chi connectivity index (χ2n) is 6.79. The van der Waals surface area contributed by atoms with Gasteiger partial charge in [-0.2, -0.15) is 0 Å². The van der Waals surface area contributed by atoms with E-state index in [-0.39, 0.29) is 23.1 Å². The van der Waals surface area contributed by atoms with Gasteiger partial charge in [0.15, 0.2) is 9.84 Å². The van der Waals surface area contributed by atoms with Crippen molar-refractivity contribution in [3.63, 3.8) is 0 Å². The van der Waals surface area contributed by atoms with Crippen LogP contribution in [0.4, 0.5) is 0 Å². The van der Waals surface area contributed by atoms with Crippen LogP contribution in [0, 0.1) is 5.92 Å². The van der Waals surface area contributed by atoms with Crippen LogP contribution in [0.2, 0.25) is 0 Å². The maximum atomic E-state index is 12.9. The molecule has 0 heterocycles. The van der Waals surface area contributed by atoms with Crippen molar-refractivity contribution in [3.05, 3.63) is 60.2 Å². The highest BCUT2D eigenvalue weighted by molar-refractivity contribution is 7.92. The first kappa shape index (κ1) is 20.4. The summed E-state index contributed by atoms with van der Waals surface area (Å²) in [4.78, 5) is 0.153. The molecule has 5 nitrogen and oxygen atoms in total. The molecular formula is C20H27NO4S. The van der Waals surface area contributed by atoms with Gasteiger partial charge in [-0.1, -0.05) is 44.2 Å². The van der Waals surface area contributed by atoms with Gasteiger partial charge >= 0.3 is 0 Å². The summed E-state index contributed by atoms with van der Waals surface area (Å²) in [6.07, 6.45) is 0.661. The van der Waals surface area contributed by atoms with Crippen LogP contribution in [0.3, 0.4) is 0 Å². The topological polar surface area (TPSA) is 86.6 Å². The fraction of sp³-hybridized carbons (Fsp3) is 0.400. The number of sulfone groups is 1. The van der Waals surface area contributed by atoms with Crippen molar-refractivity contribution < 1.29 is 18.6 Å². The van der Waals surface area contributed by atoms with Crippen molar-refractivity contribution in [2.24, 2.45) is 5.92 Å². The van der Waals surface area contributed by atoms with Crippen molar-refractivity contribution >= 4 is 9.84 Å². The molecule has 0 aliphatic carbocycles. The third-order valence-corrected chi connectivity index (χ3v) is 6.58. The lowest BCUT2D eigenvalue weighted by Gasteiger charge is -2.24. The molecule has 3 N–H and O–H groups in total. The van der Waals surface area contributed by atoms with Crippen LogP contribution in [-0.2, 0) is 16.3 Å². The lowest BCUT2D eigenvalue weighted by Crippen LogP contribution is -2.44. The minimum absolute atomic E-state index is 0.0225. The molecule has 0 saturated heterocycles. The van der Waals surface area contributed by atoms with Crippen molar-refractivity contribution in [2.45, 2.75) is 43.1 Å². The summed E-state index contributed by atoms with van der Waals surface area (Å²) >= 11 is 0. The average molecular weight is 378 g/mol. The van der Waals surface area contributed by atoms with Gasteiger partial charge in [0.2, 0.25) is 0 Å². The van der Waals surface area contributed by atoms with E-state index in [1.165, 1.54) is 24.3 Å². The standard InChI is InChI=1S/C20H27NO4S/c1-15(2)20(26(24,25)19-12-10-17(22)11-13-19)21-14-18(23)9-8-16-6-4-3-5-7-16/h3-7,10-13,15,18,20-23H,8-9,14H2,1-2H3/t18-,20+/m1/s1. The highest BCUT2D eigenvalue weighted by Crippen LogP contribution is 2.22. The Morgan fingerprint density at radius 1 is 1.00 bits per heavy atom. The molecule has 0 aromatic heterocycles. The predicted molar refractivity (Wildman–Crippen MR) is 103 cm³/mol. The Balaban J connectivity index is 1.98. The summed E-state index contributed by atoms with van der Waals surface area (Å²) in [6, 6.07) is 15.4. The molecule has 0 spiro atoms. The van der Waals surface area contributed by atoms with E-state index in [4.69, 9.17) is 0 Å². The Morgan fingerprint density at radius 2 is 1.62 bits per heavy atom. The van der Waals surface area contributed by atoms with Crippen molar-refractivity contribution in [1.82, 2.24) is 5.32 Å². The van der Waals surface area contributed by atoms with Crippen molar-refractivity contribution in [2.75, 3.05) is 6.54 Å². The summed E-state index contributed by atoms with van der Waals surface area (Å²) in [5, 5.41) is 21.8. The Kier molecular flexibility index (Phi) is 7.20. The molecule has 6 heteroatoms. The van der Waals surface area contributed by atoms with Crippen molar-refractivity contribution in [1.29, 1.82) is 0 Å². The smallest absolute Gasteiger partial charge is 0.194 e. The fourth-order valence-corrected chi connectivity index (χ4v) is 4.66. The number of benzene rings is 2. The number of hydrogen-bond acceptors (Lipinski definition) is 5. The quantitative estimate of drug-likeness (QED) is 0.625. The van der Waals surface area contributed by atoms with E-state index in [0.29, 0.717) is 6.42 Å². The number of rotatable bonds is 9. The van der Waals surface area contributed by atoms with Gasteiger partial charge in [-0.3, -0.25) is 5.32 Å². The lowest BCUT2D eigenvalue weighted by molar-refractivity contribution is 0.159. The molecule has 2 aromatic rings. The van der Waals surface area contributed by atoms with E-state index in [0.717, 1.165) is 12.0 Å². The first-order valence-electron chi connectivity index (χ1n) is 8.79. The van der Waals surface area contributed by atoms with Crippen LogP contribution in [0.1, 0.15) is 25.8 Å². The molecule has 0 saturated carbocycles. The third-order valence-electron chi connectivity index (χ3n) is 4.27. The second-order valence-corrected chi connectivity index (χ2v) is 8.86. The number of aromatic hydroxyl groups is 1. The minimum Gasteiger partial charge on any atom is -0.508 e. The van der Waals surface area contributed by atoms with Crippen molar-refractivity contribution in [3.8, 4) is 5.75 Å². The fourth-order valence-electron chi connectivity index (χ4n) is 2.82. The van der Waals surface area contributed by atoms with Gasteiger partial charge in [-0.25, -0.2) is 8.42 Å². The summed E-state index contributed by atoms with van der Waals surface area (Å²) in [5.74, 6) is -0.149. The van der Waals surface area contributed by atoms with Crippen LogP contribution >= 0.6 is 0 Å². The number of nitrogens with one attached hydrogen (secondary N) is 1. The number of phenols is 1. The monoisotopic (exact) mass is 377 g/mol. The van der Waals surface area contributed by atoms with Crippen LogP contribution in [0.25, 0.3) is 0 Å². The molecule has 2 atom stereocenters. The third kappa shape index (κ3) is 5.56. The number of aryl methyl sites for hydroxylation is 1. The number of phenolic OH excluding ortho intramolecular Hbond substituents is 1. The normalized spacial score (nSPS) is 14.3. The molecule has 0 amide bonds. The molecule has 0 aliphatic heterocycles. The Bertz CT molecular complexity index is 773. The van der Waals surface area contributed by atoms with E-state index >= 15 is 0 Å². The highest BCUT2D eigenvalue weighted by atomic mass is 32.2. The maximum absolute atomic E-state index is 12.9. The van der Waals surface area contributed by atoms with Crippen LogP contribution < -0.4 is 5.32 Å². The number of aliphatic hydroxyl groups excluding tert-OH is 1. The molecule has 142 valence electrons. The van der Waals surface area contributed by atoms with E-state index in [1.807, 2.05) is 44.2 Å².